The smallest absolute Gasteiger partial charge is 0.173 e. The van der Waals surface area contributed by atoms with E-state index in [-0.39, 0.29) is 6.04 Å². The molecule has 5 rings (SSSR count). The Labute approximate surface area is 198 Å². The molecule has 2 aromatic carbocycles. The number of aromatic nitrogens is 4. The lowest BCUT2D eigenvalue weighted by molar-refractivity contribution is 0.203. The Morgan fingerprint density at radius 3 is 2.42 bits per heavy atom. The van der Waals surface area contributed by atoms with Crippen molar-refractivity contribution in [2.75, 3.05) is 38.2 Å². The second kappa shape index (κ2) is 10.1. The summed E-state index contributed by atoms with van der Waals surface area (Å²) in [5.41, 5.74) is 2.52. The standard InChI is InChI=1S/C25H28N6OS/c1-32-22-11-9-21(10-12-22)29-15-17-30(18-16-29)24(23-8-5-19-33-23)25-26-27-28-31(25)14-13-20-6-3-2-4-7-20/h2-12,19,24H,13-18H2,1H3. The molecule has 170 valence electrons. The van der Waals surface area contributed by atoms with Crippen LogP contribution < -0.4 is 9.64 Å². The summed E-state index contributed by atoms with van der Waals surface area (Å²) in [6, 6.07) is 23.2. The van der Waals surface area contributed by atoms with E-state index >= 15 is 0 Å². The molecule has 0 aliphatic carbocycles. The molecule has 2 aromatic heterocycles. The van der Waals surface area contributed by atoms with E-state index in [1.807, 2.05) is 22.9 Å². The van der Waals surface area contributed by atoms with Gasteiger partial charge in [0.1, 0.15) is 11.8 Å². The van der Waals surface area contributed by atoms with Gasteiger partial charge in [-0.2, -0.15) is 0 Å². The number of anilines is 1. The van der Waals surface area contributed by atoms with Crippen LogP contribution in [0.25, 0.3) is 0 Å². The predicted molar refractivity (Wildman–Crippen MR) is 131 cm³/mol. The van der Waals surface area contributed by atoms with Crippen molar-refractivity contribution < 1.29 is 4.74 Å². The molecule has 33 heavy (non-hydrogen) atoms. The van der Waals surface area contributed by atoms with Crippen LogP contribution in [0.1, 0.15) is 22.3 Å². The predicted octanol–water partition coefficient (Wildman–Crippen LogP) is 3.90. The highest BCUT2D eigenvalue weighted by Crippen LogP contribution is 2.32. The first-order valence-corrected chi connectivity index (χ1v) is 12.2. The molecule has 0 spiro atoms. The Kier molecular flexibility index (Phi) is 6.64. The minimum atomic E-state index is 0.0637. The van der Waals surface area contributed by atoms with Gasteiger partial charge in [-0.25, -0.2) is 4.68 Å². The van der Waals surface area contributed by atoms with Crippen molar-refractivity contribution in [3.05, 3.63) is 88.4 Å². The molecule has 1 fully saturated rings. The lowest BCUT2D eigenvalue weighted by atomic mass is 10.1. The Morgan fingerprint density at radius 1 is 0.939 bits per heavy atom. The van der Waals surface area contributed by atoms with E-state index in [4.69, 9.17) is 4.74 Å². The first kappa shape index (κ1) is 21.6. The summed E-state index contributed by atoms with van der Waals surface area (Å²) in [5, 5.41) is 15.0. The Balaban J connectivity index is 1.32. The molecular formula is C25H28N6OS. The van der Waals surface area contributed by atoms with Crippen molar-refractivity contribution in [3.8, 4) is 5.75 Å². The van der Waals surface area contributed by atoms with E-state index in [0.717, 1.165) is 50.7 Å². The van der Waals surface area contributed by atoms with Crippen LogP contribution in [-0.4, -0.2) is 58.4 Å². The number of piperazine rings is 1. The summed E-state index contributed by atoms with van der Waals surface area (Å²) in [6.07, 6.45) is 0.904. The van der Waals surface area contributed by atoms with Gasteiger partial charge in [-0.1, -0.05) is 36.4 Å². The fourth-order valence-electron chi connectivity index (χ4n) is 4.40. The van der Waals surface area contributed by atoms with Crippen LogP contribution in [0.5, 0.6) is 5.75 Å². The van der Waals surface area contributed by atoms with E-state index in [9.17, 15) is 0 Å². The third-order valence-electron chi connectivity index (χ3n) is 6.19. The van der Waals surface area contributed by atoms with Crippen molar-refractivity contribution >= 4 is 17.0 Å². The van der Waals surface area contributed by atoms with Gasteiger partial charge in [0.15, 0.2) is 5.82 Å². The Hall–Kier alpha value is -3.23. The van der Waals surface area contributed by atoms with E-state index in [0.29, 0.717) is 0 Å². The van der Waals surface area contributed by atoms with Crippen LogP contribution in [0, 0.1) is 0 Å². The molecule has 1 aliphatic rings. The second-order valence-corrected chi connectivity index (χ2v) is 9.11. The zero-order valence-electron chi connectivity index (χ0n) is 18.7. The molecule has 1 saturated heterocycles. The summed E-state index contributed by atoms with van der Waals surface area (Å²) >= 11 is 1.77. The number of aryl methyl sites for hydroxylation is 2. The summed E-state index contributed by atoms with van der Waals surface area (Å²) < 4.78 is 7.28. The number of ether oxygens (including phenoxy) is 1. The maximum absolute atomic E-state index is 5.30. The van der Waals surface area contributed by atoms with E-state index in [1.165, 1.54) is 16.1 Å². The van der Waals surface area contributed by atoms with Crippen molar-refractivity contribution in [1.29, 1.82) is 0 Å². The number of hydrogen-bond acceptors (Lipinski definition) is 7. The molecule has 3 heterocycles. The molecule has 1 atom stereocenters. The van der Waals surface area contributed by atoms with Gasteiger partial charge in [0, 0.05) is 43.3 Å². The SMILES string of the molecule is COc1ccc(N2CCN(C(c3cccs3)c3nnnn3CCc3ccccc3)CC2)cc1. The summed E-state index contributed by atoms with van der Waals surface area (Å²) in [5.74, 6) is 1.81. The van der Waals surface area contributed by atoms with Crippen molar-refractivity contribution in [2.24, 2.45) is 0 Å². The number of tetrazole rings is 1. The van der Waals surface area contributed by atoms with Gasteiger partial charge >= 0.3 is 0 Å². The second-order valence-electron chi connectivity index (χ2n) is 8.13. The van der Waals surface area contributed by atoms with Gasteiger partial charge in [-0.3, -0.25) is 4.90 Å². The number of hydrogen-bond donors (Lipinski definition) is 0. The molecule has 0 saturated carbocycles. The summed E-state index contributed by atoms with van der Waals surface area (Å²) in [6.45, 7) is 4.57. The fourth-order valence-corrected chi connectivity index (χ4v) is 5.25. The van der Waals surface area contributed by atoms with Crippen LogP contribution in [0.15, 0.2) is 72.1 Å². The number of methoxy groups -OCH3 is 1. The highest BCUT2D eigenvalue weighted by Gasteiger charge is 2.31. The lowest BCUT2D eigenvalue weighted by Crippen LogP contribution is -2.48. The van der Waals surface area contributed by atoms with E-state index in [2.05, 4.69) is 79.2 Å². The van der Waals surface area contributed by atoms with Gasteiger partial charge in [0.05, 0.1) is 7.11 Å². The number of nitrogens with zero attached hydrogens (tertiary/aromatic N) is 6. The van der Waals surface area contributed by atoms with E-state index < -0.39 is 0 Å². The van der Waals surface area contributed by atoms with Crippen LogP contribution in [0.2, 0.25) is 0 Å². The van der Waals surface area contributed by atoms with Gasteiger partial charge in [-0.05, 0) is 58.1 Å². The Morgan fingerprint density at radius 2 is 1.73 bits per heavy atom. The maximum Gasteiger partial charge on any atom is 0.173 e. The molecule has 7 nitrogen and oxygen atoms in total. The van der Waals surface area contributed by atoms with Gasteiger partial charge in [-0.15, -0.1) is 16.4 Å². The molecule has 0 bridgehead atoms. The third-order valence-corrected chi connectivity index (χ3v) is 7.11. The number of thiophene rings is 1. The third kappa shape index (κ3) is 4.91. The fraction of sp³-hybridized carbons (Fsp3) is 0.320. The molecule has 0 amide bonds. The van der Waals surface area contributed by atoms with Crippen molar-refractivity contribution in [1.82, 2.24) is 25.1 Å². The van der Waals surface area contributed by atoms with Crippen molar-refractivity contribution in [2.45, 2.75) is 19.0 Å². The Bertz CT molecular complexity index is 1120. The average molecular weight is 461 g/mol. The highest BCUT2D eigenvalue weighted by molar-refractivity contribution is 7.10. The molecule has 1 aliphatic heterocycles. The quantitative estimate of drug-likeness (QED) is 0.398. The summed E-state index contributed by atoms with van der Waals surface area (Å²) in [7, 11) is 1.70. The monoisotopic (exact) mass is 460 g/mol. The molecule has 0 N–H and O–H groups in total. The molecule has 1 unspecified atom stereocenters. The molecule has 0 radical (unpaired) electrons. The van der Waals surface area contributed by atoms with E-state index in [1.54, 1.807) is 18.4 Å². The highest BCUT2D eigenvalue weighted by atomic mass is 32.1. The van der Waals surface area contributed by atoms with Gasteiger partial charge in [0.25, 0.3) is 0 Å². The minimum Gasteiger partial charge on any atom is -0.497 e. The average Bonchev–Trinajstić information content (AvgIpc) is 3.57. The lowest BCUT2D eigenvalue weighted by Gasteiger charge is -2.39. The van der Waals surface area contributed by atoms with Gasteiger partial charge in [0.2, 0.25) is 0 Å². The first-order chi connectivity index (χ1) is 16.3. The number of benzene rings is 2. The van der Waals surface area contributed by atoms with Crippen LogP contribution in [-0.2, 0) is 13.0 Å². The topological polar surface area (TPSA) is 59.3 Å². The van der Waals surface area contributed by atoms with Crippen LogP contribution in [0.4, 0.5) is 5.69 Å². The maximum atomic E-state index is 5.30. The van der Waals surface area contributed by atoms with Crippen LogP contribution >= 0.6 is 11.3 Å². The minimum absolute atomic E-state index is 0.0637. The zero-order valence-corrected chi connectivity index (χ0v) is 19.6. The molecule has 8 heteroatoms. The van der Waals surface area contributed by atoms with Crippen molar-refractivity contribution in [3.63, 3.8) is 0 Å². The first-order valence-electron chi connectivity index (χ1n) is 11.3. The summed E-state index contributed by atoms with van der Waals surface area (Å²) in [4.78, 5) is 6.22. The zero-order chi connectivity index (χ0) is 22.5. The number of rotatable bonds is 8. The largest absolute Gasteiger partial charge is 0.497 e. The van der Waals surface area contributed by atoms with Gasteiger partial charge < -0.3 is 9.64 Å². The normalized spacial score (nSPS) is 15.5. The molecular weight excluding hydrogens is 432 g/mol. The van der Waals surface area contributed by atoms with Crippen LogP contribution in [0.3, 0.4) is 0 Å². The molecule has 4 aromatic rings.